The molecule has 1 atom stereocenters. The highest BCUT2D eigenvalue weighted by molar-refractivity contribution is 7.99. The van der Waals surface area contributed by atoms with E-state index < -0.39 is 29.0 Å². The molecule has 0 aliphatic carbocycles. The van der Waals surface area contributed by atoms with Crippen LogP contribution in [-0.4, -0.2) is 17.5 Å². The Morgan fingerprint density at radius 3 is 2.26 bits per heavy atom. The van der Waals surface area contributed by atoms with Crippen molar-refractivity contribution >= 4 is 17.4 Å². The van der Waals surface area contributed by atoms with Crippen LogP contribution in [-0.2, 0) is 0 Å². The van der Waals surface area contributed by atoms with Gasteiger partial charge in [0.2, 0.25) is 0 Å². The number of hydrogen-bond donors (Lipinski definition) is 1. The Bertz CT molecular complexity index is 464. The summed E-state index contributed by atoms with van der Waals surface area (Å²) in [6.45, 7) is 4.10. The van der Waals surface area contributed by atoms with Gasteiger partial charge in [-0.25, -0.2) is 17.6 Å². The van der Waals surface area contributed by atoms with Gasteiger partial charge in [0.05, 0.1) is 0 Å². The van der Waals surface area contributed by atoms with Crippen LogP contribution in [0.25, 0.3) is 0 Å². The summed E-state index contributed by atoms with van der Waals surface area (Å²) in [4.78, 5) is 0. The van der Waals surface area contributed by atoms with Crippen LogP contribution in [0.15, 0.2) is 6.07 Å². The molecule has 1 fully saturated rings. The summed E-state index contributed by atoms with van der Waals surface area (Å²) in [6.07, 6.45) is 0.691. The molecule has 19 heavy (non-hydrogen) atoms. The fraction of sp³-hybridized carbons (Fsp3) is 0.538. The number of thioether (sulfide) groups is 1. The summed E-state index contributed by atoms with van der Waals surface area (Å²) in [6, 6.07) is 0.00836. The summed E-state index contributed by atoms with van der Waals surface area (Å²) < 4.78 is 53.3. The summed E-state index contributed by atoms with van der Waals surface area (Å²) in [5.41, 5.74) is -0.680. The van der Waals surface area contributed by atoms with Crippen molar-refractivity contribution in [1.82, 2.24) is 0 Å². The fourth-order valence-corrected chi connectivity index (χ4v) is 3.53. The summed E-state index contributed by atoms with van der Waals surface area (Å²) in [5, 5.41) is 2.60. The Hall–Kier alpha value is -0.910. The van der Waals surface area contributed by atoms with E-state index in [-0.39, 0.29) is 17.5 Å². The van der Waals surface area contributed by atoms with Crippen molar-refractivity contribution in [2.24, 2.45) is 5.41 Å². The van der Waals surface area contributed by atoms with Crippen molar-refractivity contribution in [3.63, 3.8) is 0 Å². The molecule has 0 bridgehead atoms. The van der Waals surface area contributed by atoms with Crippen LogP contribution in [0.2, 0.25) is 0 Å². The van der Waals surface area contributed by atoms with Gasteiger partial charge in [-0.05, 0) is 17.6 Å². The lowest BCUT2D eigenvalue weighted by molar-refractivity contribution is 0.356. The van der Waals surface area contributed by atoms with E-state index >= 15 is 0 Å². The van der Waals surface area contributed by atoms with E-state index in [0.717, 1.165) is 5.75 Å². The summed E-state index contributed by atoms with van der Waals surface area (Å²) >= 11 is 1.65. The van der Waals surface area contributed by atoms with Crippen LogP contribution in [0.1, 0.15) is 20.3 Å². The Morgan fingerprint density at radius 2 is 1.74 bits per heavy atom. The number of nitrogens with one attached hydrogen (secondary N) is 1. The van der Waals surface area contributed by atoms with Crippen molar-refractivity contribution in [3.05, 3.63) is 29.3 Å². The maximum absolute atomic E-state index is 13.5. The zero-order valence-electron chi connectivity index (χ0n) is 10.7. The molecular formula is C13H15F4NS. The first kappa shape index (κ1) is 14.5. The van der Waals surface area contributed by atoms with Crippen LogP contribution in [0.4, 0.5) is 23.2 Å². The van der Waals surface area contributed by atoms with E-state index in [1.54, 1.807) is 11.8 Å². The molecule has 0 radical (unpaired) electrons. The van der Waals surface area contributed by atoms with Gasteiger partial charge in [0.15, 0.2) is 23.3 Å². The highest BCUT2D eigenvalue weighted by Crippen LogP contribution is 2.35. The third-order valence-electron chi connectivity index (χ3n) is 3.07. The van der Waals surface area contributed by atoms with Crippen LogP contribution in [0.3, 0.4) is 0 Å². The van der Waals surface area contributed by atoms with Crippen molar-refractivity contribution in [3.8, 4) is 0 Å². The van der Waals surface area contributed by atoms with Crippen molar-refractivity contribution in [2.75, 3.05) is 16.8 Å². The molecule has 0 amide bonds. The zero-order chi connectivity index (χ0) is 14.2. The van der Waals surface area contributed by atoms with E-state index in [4.69, 9.17) is 0 Å². The SMILES string of the molecule is CC1(C)CSCC(Nc2c(F)c(F)cc(F)c2F)C1. The lowest BCUT2D eigenvalue weighted by atomic mass is 9.87. The molecule has 1 N–H and O–H groups in total. The van der Waals surface area contributed by atoms with Crippen molar-refractivity contribution in [1.29, 1.82) is 0 Å². The molecule has 0 saturated carbocycles. The first-order valence-corrected chi connectivity index (χ1v) is 7.13. The van der Waals surface area contributed by atoms with Gasteiger partial charge in [-0.3, -0.25) is 0 Å². The van der Waals surface area contributed by atoms with Gasteiger partial charge in [0.1, 0.15) is 5.69 Å². The summed E-state index contributed by atoms with van der Waals surface area (Å²) in [7, 11) is 0. The Labute approximate surface area is 113 Å². The predicted molar refractivity (Wildman–Crippen MR) is 69.4 cm³/mol. The lowest BCUT2D eigenvalue weighted by Gasteiger charge is -2.35. The van der Waals surface area contributed by atoms with Gasteiger partial charge < -0.3 is 5.32 Å². The monoisotopic (exact) mass is 293 g/mol. The Morgan fingerprint density at radius 1 is 1.16 bits per heavy atom. The van der Waals surface area contributed by atoms with E-state index in [9.17, 15) is 17.6 Å². The number of anilines is 1. The fourth-order valence-electron chi connectivity index (χ4n) is 2.26. The third kappa shape index (κ3) is 3.16. The maximum atomic E-state index is 13.5. The van der Waals surface area contributed by atoms with Crippen LogP contribution < -0.4 is 5.32 Å². The number of rotatable bonds is 2. The van der Waals surface area contributed by atoms with Crippen molar-refractivity contribution in [2.45, 2.75) is 26.3 Å². The van der Waals surface area contributed by atoms with Crippen LogP contribution >= 0.6 is 11.8 Å². The molecule has 6 heteroatoms. The molecule has 1 nitrogen and oxygen atoms in total. The highest BCUT2D eigenvalue weighted by atomic mass is 32.2. The topological polar surface area (TPSA) is 12.0 Å². The molecule has 1 aliphatic rings. The van der Waals surface area contributed by atoms with Gasteiger partial charge in [0, 0.05) is 17.9 Å². The minimum atomic E-state index is -1.39. The Balaban J connectivity index is 2.24. The zero-order valence-corrected chi connectivity index (χ0v) is 11.5. The lowest BCUT2D eigenvalue weighted by Crippen LogP contribution is -2.36. The number of halogens is 4. The Kier molecular flexibility index (Phi) is 3.99. The average Bonchev–Trinajstić information content (AvgIpc) is 2.31. The maximum Gasteiger partial charge on any atom is 0.185 e. The first-order chi connectivity index (χ1) is 8.80. The normalized spacial score (nSPS) is 22.3. The molecule has 106 valence electrons. The minimum Gasteiger partial charge on any atom is -0.377 e. The quantitative estimate of drug-likeness (QED) is 0.648. The van der Waals surface area contributed by atoms with Gasteiger partial charge in [0.25, 0.3) is 0 Å². The molecule has 1 aromatic rings. The number of hydrogen-bond acceptors (Lipinski definition) is 2. The van der Waals surface area contributed by atoms with Gasteiger partial charge in [-0.15, -0.1) is 0 Å². The molecule has 0 aromatic heterocycles. The van der Waals surface area contributed by atoms with E-state index in [2.05, 4.69) is 5.32 Å². The smallest absolute Gasteiger partial charge is 0.185 e. The van der Waals surface area contributed by atoms with Gasteiger partial charge in [-0.2, -0.15) is 11.8 Å². The third-order valence-corrected chi connectivity index (χ3v) is 4.69. The van der Waals surface area contributed by atoms with E-state index in [0.29, 0.717) is 12.2 Å². The highest BCUT2D eigenvalue weighted by Gasteiger charge is 2.30. The van der Waals surface area contributed by atoms with E-state index in [1.807, 2.05) is 13.8 Å². The molecule has 1 heterocycles. The van der Waals surface area contributed by atoms with Crippen molar-refractivity contribution < 1.29 is 17.6 Å². The predicted octanol–water partition coefficient (Wildman–Crippen LogP) is 4.19. The minimum absolute atomic E-state index is 0.0272. The second kappa shape index (κ2) is 5.23. The van der Waals surface area contributed by atoms with Crippen LogP contribution in [0.5, 0.6) is 0 Å². The molecule has 2 rings (SSSR count). The summed E-state index contributed by atoms with van der Waals surface area (Å²) in [5.74, 6) is -3.90. The van der Waals surface area contributed by atoms with Crippen LogP contribution in [0, 0.1) is 28.7 Å². The number of benzene rings is 1. The largest absolute Gasteiger partial charge is 0.377 e. The van der Waals surface area contributed by atoms with E-state index in [1.165, 1.54) is 0 Å². The molecule has 1 aromatic carbocycles. The molecule has 1 saturated heterocycles. The second-order valence-corrected chi connectivity index (χ2v) is 6.60. The molecular weight excluding hydrogens is 278 g/mol. The second-order valence-electron chi connectivity index (χ2n) is 5.57. The van der Waals surface area contributed by atoms with Gasteiger partial charge >= 0.3 is 0 Å². The molecule has 0 spiro atoms. The van der Waals surface area contributed by atoms with Gasteiger partial charge in [-0.1, -0.05) is 13.8 Å². The standard InChI is InChI=1S/C13H15F4NS/c1-13(2)4-7(5-19-6-13)18-12-10(16)8(14)3-9(15)11(12)17/h3,7,18H,4-6H2,1-2H3. The average molecular weight is 293 g/mol. The first-order valence-electron chi connectivity index (χ1n) is 5.97. The molecule has 1 aliphatic heterocycles. The molecule has 1 unspecified atom stereocenters.